The minimum atomic E-state index is 0.278. The van der Waals surface area contributed by atoms with Gasteiger partial charge in [-0.1, -0.05) is 29.8 Å². The number of halogens is 1. The van der Waals surface area contributed by atoms with Crippen LogP contribution in [0, 0.1) is 16.7 Å². The molecule has 0 aromatic carbocycles. The molecule has 0 spiro atoms. The molecular weight excluding hydrogens is 240 g/mol. The highest BCUT2D eigenvalue weighted by molar-refractivity contribution is 9.09. The minimum absolute atomic E-state index is 0.278. The summed E-state index contributed by atoms with van der Waals surface area (Å²) in [6.45, 7) is 10.8. The molecule has 0 fully saturated rings. The van der Waals surface area contributed by atoms with Crippen LogP contribution in [-0.2, 0) is 0 Å². The Hall–Kier alpha value is -0.0700. The van der Waals surface area contributed by atoms with Crippen molar-refractivity contribution in [3.8, 4) is 6.07 Å². The molecule has 0 saturated heterocycles. The number of hydrogen-bond acceptors (Lipinski definition) is 2. The molecule has 0 atom stereocenters. The molecule has 0 aliphatic heterocycles. The van der Waals surface area contributed by atoms with Crippen molar-refractivity contribution in [2.24, 2.45) is 5.41 Å². The summed E-state index contributed by atoms with van der Waals surface area (Å²) in [6.07, 6.45) is 0.622. The van der Waals surface area contributed by atoms with Gasteiger partial charge in [-0.05, 0) is 19.3 Å². The van der Waals surface area contributed by atoms with Crippen LogP contribution >= 0.6 is 15.9 Å². The summed E-state index contributed by atoms with van der Waals surface area (Å²) < 4.78 is 0. The molecule has 0 aromatic rings. The summed E-state index contributed by atoms with van der Waals surface area (Å²) >= 11 is 3.53. The van der Waals surface area contributed by atoms with Gasteiger partial charge in [0.1, 0.15) is 0 Å². The van der Waals surface area contributed by atoms with E-state index in [0.717, 1.165) is 18.4 Å². The smallest absolute Gasteiger partial charge is 0.0635 e. The molecule has 2 nitrogen and oxygen atoms in total. The molecule has 82 valence electrons. The molecule has 0 aromatic heterocycles. The Kier molecular flexibility index (Phi) is 6.39. The molecule has 0 aliphatic rings. The summed E-state index contributed by atoms with van der Waals surface area (Å²) in [5, 5.41) is 9.56. The quantitative estimate of drug-likeness (QED) is 0.687. The molecule has 0 N–H and O–H groups in total. The van der Waals surface area contributed by atoms with Crippen LogP contribution in [0.4, 0.5) is 0 Å². The third-order valence-electron chi connectivity index (χ3n) is 2.23. The SMILES string of the molecule is CC(C)N(CCC#N)CC(C)(C)CBr. The molecule has 0 rings (SSSR count). The third kappa shape index (κ3) is 5.62. The van der Waals surface area contributed by atoms with Gasteiger partial charge in [0.15, 0.2) is 0 Å². The lowest BCUT2D eigenvalue weighted by molar-refractivity contribution is 0.161. The van der Waals surface area contributed by atoms with Crippen LogP contribution in [0.3, 0.4) is 0 Å². The summed E-state index contributed by atoms with van der Waals surface area (Å²) in [7, 11) is 0. The fourth-order valence-corrected chi connectivity index (χ4v) is 1.48. The fourth-order valence-electron chi connectivity index (χ4n) is 1.31. The van der Waals surface area contributed by atoms with E-state index < -0.39 is 0 Å². The van der Waals surface area contributed by atoms with Gasteiger partial charge in [-0.2, -0.15) is 5.26 Å². The van der Waals surface area contributed by atoms with Crippen LogP contribution in [0.25, 0.3) is 0 Å². The van der Waals surface area contributed by atoms with Crippen LogP contribution < -0.4 is 0 Å². The van der Waals surface area contributed by atoms with Crippen molar-refractivity contribution in [3.05, 3.63) is 0 Å². The van der Waals surface area contributed by atoms with Crippen molar-refractivity contribution in [1.29, 1.82) is 5.26 Å². The first-order valence-corrected chi connectivity index (χ1v) is 6.22. The normalized spacial score (nSPS) is 12.1. The summed E-state index contributed by atoms with van der Waals surface area (Å²) in [5.41, 5.74) is 0.278. The molecular formula is C11H21BrN2. The molecule has 0 heterocycles. The van der Waals surface area contributed by atoms with Gasteiger partial charge in [-0.3, -0.25) is 4.90 Å². The highest BCUT2D eigenvalue weighted by Gasteiger charge is 2.21. The van der Waals surface area contributed by atoms with E-state index in [1.54, 1.807) is 0 Å². The van der Waals surface area contributed by atoms with Gasteiger partial charge in [-0.25, -0.2) is 0 Å². The molecule has 0 bridgehead atoms. The lowest BCUT2D eigenvalue weighted by atomic mass is 9.95. The first kappa shape index (κ1) is 13.9. The van der Waals surface area contributed by atoms with E-state index in [2.05, 4.69) is 54.6 Å². The Bertz CT molecular complexity index is 194. The second-order valence-corrected chi connectivity index (χ2v) is 5.33. The first-order chi connectivity index (χ1) is 6.43. The molecule has 0 aliphatic carbocycles. The van der Waals surface area contributed by atoms with E-state index in [-0.39, 0.29) is 5.41 Å². The van der Waals surface area contributed by atoms with E-state index in [0.29, 0.717) is 12.5 Å². The van der Waals surface area contributed by atoms with Crippen LogP contribution in [0.1, 0.15) is 34.1 Å². The van der Waals surface area contributed by atoms with Crippen molar-refractivity contribution in [1.82, 2.24) is 4.90 Å². The van der Waals surface area contributed by atoms with Gasteiger partial charge >= 0.3 is 0 Å². The second kappa shape index (κ2) is 6.42. The highest BCUT2D eigenvalue weighted by Crippen LogP contribution is 2.21. The third-order valence-corrected chi connectivity index (χ3v) is 3.75. The maximum atomic E-state index is 8.57. The molecule has 14 heavy (non-hydrogen) atoms. The maximum absolute atomic E-state index is 8.57. The Labute approximate surface area is 96.4 Å². The number of hydrogen-bond donors (Lipinski definition) is 0. The Morgan fingerprint density at radius 2 is 2.00 bits per heavy atom. The Balaban J connectivity index is 4.17. The van der Waals surface area contributed by atoms with Crippen LogP contribution in [-0.4, -0.2) is 29.4 Å². The number of rotatable bonds is 6. The average molecular weight is 261 g/mol. The molecule has 0 radical (unpaired) electrons. The maximum Gasteiger partial charge on any atom is 0.0635 e. The van der Waals surface area contributed by atoms with Crippen LogP contribution in [0.15, 0.2) is 0 Å². The average Bonchev–Trinajstić information content (AvgIpc) is 2.12. The topological polar surface area (TPSA) is 27.0 Å². The van der Waals surface area contributed by atoms with Crippen LogP contribution in [0.2, 0.25) is 0 Å². The summed E-state index contributed by atoms with van der Waals surface area (Å²) in [6, 6.07) is 2.72. The van der Waals surface area contributed by atoms with Gasteiger partial charge in [0, 0.05) is 30.9 Å². The van der Waals surface area contributed by atoms with Crippen molar-refractivity contribution in [2.75, 3.05) is 18.4 Å². The van der Waals surface area contributed by atoms with Gasteiger partial charge in [0.05, 0.1) is 6.07 Å². The zero-order valence-electron chi connectivity index (χ0n) is 9.68. The zero-order chi connectivity index (χ0) is 11.2. The largest absolute Gasteiger partial charge is 0.299 e. The number of alkyl halides is 1. The lowest BCUT2D eigenvalue weighted by Crippen LogP contribution is -2.40. The van der Waals surface area contributed by atoms with Crippen molar-refractivity contribution >= 4 is 15.9 Å². The van der Waals surface area contributed by atoms with Crippen LogP contribution in [0.5, 0.6) is 0 Å². The predicted octanol–water partition coefficient (Wildman–Crippen LogP) is 3.03. The van der Waals surface area contributed by atoms with Gasteiger partial charge in [-0.15, -0.1) is 0 Å². The number of nitriles is 1. The molecule has 0 amide bonds. The number of nitrogens with zero attached hydrogens (tertiary/aromatic N) is 2. The molecule has 0 saturated carbocycles. The molecule has 0 unspecified atom stereocenters. The lowest BCUT2D eigenvalue weighted by Gasteiger charge is -2.33. The molecule has 3 heteroatoms. The summed E-state index contributed by atoms with van der Waals surface area (Å²) in [5.74, 6) is 0. The standard InChI is InChI=1S/C11H21BrN2/c1-10(2)14(7-5-6-13)9-11(3,4)8-12/h10H,5,7-9H2,1-4H3. The van der Waals surface area contributed by atoms with E-state index in [1.165, 1.54) is 0 Å². The second-order valence-electron chi connectivity index (χ2n) is 4.77. The van der Waals surface area contributed by atoms with Crippen molar-refractivity contribution in [2.45, 2.75) is 40.2 Å². The van der Waals surface area contributed by atoms with Crippen molar-refractivity contribution < 1.29 is 0 Å². The van der Waals surface area contributed by atoms with Gasteiger partial charge in [0.2, 0.25) is 0 Å². The Morgan fingerprint density at radius 1 is 1.43 bits per heavy atom. The monoisotopic (exact) mass is 260 g/mol. The zero-order valence-corrected chi connectivity index (χ0v) is 11.3. The van der Waals surface area contributed by atoms with E-state index in [9.17, 15) is 0 Å². The van der Waals surface area contributed by atoms with E-state index in [4.69, 9.17) is 5.26 Å². The van der Waals surface area contributed by atoms with Gasteiger partial charge in [0.25, 0.3) is 0 Å². The van der Waals surface area contributed by atoms with E-state index >= 15 is 0 Å². The van der Waals surface area contributed by atoms with E-state index in [1.807, 2.05) is 0 Å². The van der Waals surface area contributed by atoms with Crippen molar-refractivity contribution in [3.63, 3.8) is 0 Å². The summed E-state index contributed by atoms with van der Waals surface area (Å²) in [4.78, 5) is 2.37. The fraction of sp³-hybridized carbons (Fsp3) is 0.909. The minimum Gasteiger partial charge on any atom is -0.299 e. The van der Waals surface area contributed by atoms with Gasteiger partial charge < -0.3 is 0 Å². The highest BCUT2D eigenvalue weighted by atomic mass is 79.9. The first-order valence-electron chi connectivity index (χ1n) is 5.10. The predicted molar refractivity (Wildman–Crippen MR) is 64.5 cm³/mol. The Morgan fingerprint density at radius 3 is 2.36 bits per heavy atom.